The molecule has 0 saturated carbocycles. The number of amides is 1. The minimum atomic E-state index is -4.39. The minimum absolute atomic E-state index is 0.293. The first kappa shape index (κ1) is 18.7. The van der Waals surface area contributed by atoms with E-state index in [2.05, 4.69) is 15.6 Å². The van der Waals surface area contributed by atoms with Crippen molar-refractivity contribution < 1.29 is 18.0 Å². The molecule has 0 aliphatic rings. The summed E-state index contributed by atoms with van der Waals surface area (Å²) in [5.74, 6) is -0.374. The van der Waals surface area contributed by atoms with Crippen LogP contribution in [0.25, 0.3) is 0 Å². The molecule has 0 atom stereocenters. The number of halogens is 4. The first-order valence-corrected chi connectivity index (χ1v) is 8.15. The van der Waals surface area contributed by atoms with Crippen LogP contribution in [0.3, 0.4) is 0 Å². The number of aromatic nitrogens is 1. The molecule has 0 radical (unpaired) electrons. The largest absolute Gasteiger partial charge is 0.416 e. The number of pyridine rings is 1. The van der Waals surface area contributed by atoms with Crippen LogP contribution in [-0.4, -0.2) is 10.9 Å². The van der Waals surface area contributed by atoms with Gasteiger partial charge in [0.15, 0.2) is 0 Å². The Morgan fingerprint density at radius 1 is 0.889 bits per heavy atom. The molecule has 3 aromatic rings. The van der Waals surface area contributed by atoms with Crippen LogP contribution in [0, 0.1) is 0 Å². The lowest BCUT2D eigenvalue weighted by Crippen LogP contribution is -2.12. The minimum Gasteiger partial charge on any atom is -0.354 e. The summed E-state index contributed by atoms with van der Waals surface area (Å²) in [4.78, 5) is 16.3. The van der Waals surface area contributed by atoms with Crippen molar-refractivity contribution in [3.63, 3.8) is 0 Å². The van der Waals surface area contributed by atoms with Crippen molar-refractivity contribution in [2.24, 2.45) is 0 Å². The van der Waals surface area contributed by atoms with Gasteiger partial charge in [0.2, 0.25) is 0 Å². The van der Waals surface area contributed by atoms with E-state index in [0.29, 0.717) is 27.6 Å². The van der Waals surface area contributed by atoms with Gasteiger partial charge in [0.05, 0.1) is 23.0 Å². The third-order valence-corrected chi connectivity index (χ3v) is 3.86. The molecule has 0 aliphatic carbocycles. The number of benzene rings is 2. The number of anilines is 3. The maximum absolute atomic E-state index is 12.6. The molecular weight excluding hydrogens is 379 g/mol. The van der Waals surface area contributed by atoms with Gasteiger partial charge in [-0.25, -0.2) is 0 Å². The standard InChI is InChI=1S/C19H13ClF3N3O/c20-14-3-7-16(8-4-14)26-18(27)12-9-17(11-24-10-12)25-15-5-1-13(2-6-15)19(21,22)23/h1-11,25H,(H,26,27). The summed E-state index contributed by atoms with van der Waals surface area (Å²) < 4.78 is 37.8. The van der Waals surface area contributed by atoms with Crippen LogP contribution in [-0.2, 0) is 6.18 Å². The van der Waals surface area contributed by atoms with Crippen LogP contribution in [0.5, 0.6) is 0 Å². The summed E-state index contributed by atoms with van der Waals surface area (Å²) in [6.45, 7) is 0. The average Bonchev–Trinajstić information content (AvgIpc) is 2.63. The Morgan fingerprint density at radius 3 is 2.15 bits per heavy atom. The molecule has 1 aromatic heterocycles. The van der Waals surface area contributed by atoms with Crippen LogP contribution < -0.4 is 10.6 Å². The Kier molecular flexibility index (Phi) is 5.32. The highest BCUT2D eigenvalue weighted by atomic mass is 35.5. The first-order valence-electron chi connectivity index (χ1n) is 7.77. The van der Waals surface area contributed by atoms with E-state index >= 15 is 0 Å². The van der Waals surface area contributed by atoms with Gasteiger partial charge < -0.3 is 10.6 Å². The van der Waals surface area contributed by atoms with Gasteiger partial charge in [0.25, 0.3) is 5.91 Å². The van der Waals surface area contributed by atoms with Gasteiger partial charge in [-0.05, 0) is 54.6 Å². The monoisotopic (exact) mass is 391 g/mol. The molecule has 1 amide bonds. The summed E-state index contributed by atoms with van der Waals surface area (Å²) in [5, 5.41) is 6.19. The van der Waals surface area contributed by atoms with Gasteiger partial charge in [-0.1, -0.05) is 11.6 Å². The maximum atomic E-state index is 12.6. The molecular formula is C19H13ClF3N3O. The van der Waals surface area contributed by atoms with Gasteiger partial charge in [-0.2, -0.15) is 13.2 Å². The van der Waals surface area contributed by atoms with Gasteiger partial charge in [0.1, 0.15) is 0 Å². The first-order chi connectivity index (χ1) is 12.8. The highest BCUT2D eigenvalue weighted by Gasteiger charge is 2.29. The number of rotatable bonds is 4. The molecule has 0 aliphatic heterocycles. The highest BCUT2D eigenvalue weighted by Crippen LogP contribution is 2.30. The zero-order valence-corrected chi connectivity index (χ0v) is 14.5. The van der Waals surface area contributed by atoms with Crippen LogP contribution in [0.4, 0.5) is 30.2 Å². The van der Waals surface area contributed by atoms with Crippen molar-refractivity contribution >= 4 is 34.6 Å². The quantitative estimate of drug-likeness (QED) is 0.595. The zero-order chi connectivity index (χ0) is 19.4. The van der Waals surface area contributed by atoms with E-state index in [9.17, 15) is 18.0 Å². The summed E-state index contributed by atoms with van der Waals surface area (Å²) in [7, 11) is 0. The Hall–Kier alpha value is -3.06. The number of nitrogens with one attached hydrogen (secondary N) is 2. The lowest BCUT2D eigenvalue weighted by Gasteiger charge is -2.10. The van der Waals surface area contributed by atoms with Crippen molar-refractivity contribution in [2.75, 3.05) is 10.6 Å². The van der Waals surface area contributed by atoms with E-state index < -0.39 is 11.7 Å². The summed E-state index contributed by atoms with van der Waals surface area (Å²) in [6.07, 6.45) is -1.53. The fraction of sp³-hybridized carbons (Fsp3) is 0.0526. The summed E-state index contributed by atoms with van der Waals surface area (Å²) in [6, 6.07) is 12.8. The smallest absolute Gasteiger partial charge is 0.354 e. The van der Waals surface area contributed by atoms with E-state index in [1.807, 2.05) is 0 Å². The third-order valence-electron chi connectivity index (χ3n) is 3.60. The number of alkyl halides is 3. The van der Waals surface area contributed by atoms with E-state index in [-0.39, 0.29) is 5.91 Å². The SMILES string of the molecule is O=C(Nc1ccc(Cl)cc1)c1cncc(Nc2ccc(C(F)(F)F)cc2)c1. The highest BCUT2D eigenvalue weighted by molar-refractivity contribution is 6.30. The predicted octanol–water partition coefficient (Wildman–Crippen LogP) is 5.75. The van der Waals surface area contributed by atoms with Gasteiger partial charge in [-0.15, -0.1) is 0 Å². The topological polar surface area (TPSA) is 54.0 Å². The molecule has 138 valence electrons. The Balaban J connectivity index is 1.71. The van der Waals surface area contributed by atoms with Crippen molar-refractivity contribution in [3.8, 4) is 0 Å². The second kappa shape index (κ2) is 7.67. The molecule has 0 bridgehead atoms. The van der Waals surface area contributed by atoms with Crippen molar-refractivity contribution in [1.82, 2.24) is 4.98 Å². The van der Waals surface area contributed by atoms with Crippen LogP contribution in [0.15, 0.2) is 67.0 Å². The van der Waals surface area contributed by atoms with E-state index in [0.717, 1.165) is 12.1 Å². The lowest BCUT2D eigenvalue weighted by molar-refractivity contribution is -0.137. The van der Waals surface area contributed by atoms with E-state index in [1.165, 1.54) is 24.5 Å². The lowest BCUT2D eigenvalue weighted by atomic mass is 10.2. The average molecular weight is 392 g/mol. The molecule has 8 heteroatoms. The Morgan fingerprint density at radius 2 is 1.52 bits per heavy atom. The zero-order valence-electron chi connectivity index (χ0n) is 13.7. The molecule has 2 aromatic carbocycles. The molecule has 3 rings (SSSR count). The van der Waals surface area contributed by atoms with Gasteiger partial charge in [0, 0.05) is 22.6 Å². The molecule has 1 heterocycles. The number of carbonyl (C=O) groups is 1. The number of carbonyl (C=O) groups excluding carboxylic acids is 1. The second-order valence-electron chi connectivity index (χ2n) is 5.62. The summed E-state index contributed by atoms with van der Waals surface area (Å²) >= 11 is 5.80. The number of hydrogen-bond acceptors (Lipinski definition) is 3. The molecule has 4 nitrogen and oxygen atoms in total. The molecule has 0 saturated heterocycles. The van der Waals surface area contributed by atoms with E-state index in [1.54, 1.807) is 30.3 Å². The van der Waals surface area contributed by atoms with Crippen LogP contribution in [0.2, 0.25) is 5.02 Å². The Bertz CT molecular complexity index is 942. The fourth-order valence-corrected chi connectivity index (χ4v) is 2.40. The fourth-order valence-electron chi connectivity index (χ4n) is 2.28. The number of nitrogens with zero attached hydrogens (tertiary/aromatic N) is 1. The molecule has 27 heavy (non-hydrogen) atoms. The van der Waals surface area contributed by atoms with Crippen molar-refractivity contribution in [1.29, 1.82) is 0 Å². The van der Waals surface area contributed by atoms with Gasteiger partial charge in [-0.3, -0.25) is 9.78 Å². The molecule has 0 fully saturated rings. The van der Waals surface area contributed by atoms with Crippen molar-refractivity contribution in [3.05, 3.63) is 83.1 Å². The molecule has 0 unspecified atom stereocenters. The van der Waals surface area contributed by atoms with Crippen molar-refractivity contribution in [2.45, 2.75) is 6.18 Å². The Labute approximate surface area is 158 Å². The van der Waals surface area contributed by atoms with E-state index in [4.69, 9.17) is 11.6 Å². The molecule has 0 spiro atoms. The normalized spacial score (nSPS) is 11.1. The second-order valence-corrected chi connectivity index (χ2v) is 6.06. The van der Waals surface area contributed by atoms with Crippen LogP contribution in [0.1, 0.15) is 15.9 Å². The van der Waals surface area contributed by atoms with Crippen LogP contribution >= 0.6 is 11.6 Å². The third kappa shape index (κ3) is 4.98. The predicted molar refractivity (Wildman–Crippen MR) is 98.4 cm³/mol. The maximum Gasteiger partial charge on any atom is 0.416 e. The number of hydrogen-bond donors (Lipinski definition) is 2. The summed E-state index contributed by atoms with van der Waals surface area (Å²) in [5.41, 5.74) is 1.05. The van der Waals surface area contributed by atoms with Gasteiger partial charge >= 0.3 is 6.18 Å². The molecule has 2 N–H and O–H groups in total.